The standard InChI is InChI=1S/C9H8O3S3/c1-12-9(11)14-15-13-8(10)7-5-3-2-4-6-7/h2-6H,1H3. The Kier molecular flexibility index (Phi) is 5.67. The minimum absolute atomic E-state index is 0.0722. The Morgan fingerprint density at radius 3 is 2.40 bits per heavy atom. The first-order valence-electron chi connectivity index (χ1n) is 3.92. The summed E-state index contributed by atoms with van der Waals surface area (Å²) in [5, 5.41) is -0.481. The molecule has 0 spiro atoms. The van der Waals surface area contributed by atoms with E-state index in [1.807, 2.05) is 6.07 Å². The van der Waals surface area contributed by atoms with Gasteiger partial charge in [-0.3, -0.25) is 4.79 Å². The Hall–Kier alpha value is -0.590. The lowest BCUT2D eigenvalue weighted by Gasteiger charge is -1.98. The monoisotopic (exact) mass is 260 g/mol. The highest BCUT2D eigenvalue weighted by Crippen LogP contribution is 2.37. The van der Waals surface area contributed by atoms with Crippen molar-refractivity contribution in [3.05, 3.63) is 35.9 Å². The molecule has 1 aromatic rings. The van der Waals surface area contributed by atoms with Gasteiger partial charge in [-0.1, -0.05) is 30.3 Å². The van der Waals surface area contributed by atoms with Gasteiger partial charge in [0.1, 0.15) is 0 Å². The molecule has 1 rings (SSSR count). The zero-order valence-electron chi connectivity index (χ0n) is 7.84. The molecule has 0 saturated heterocycles. The van der Waals surface area contributed by atoms with Gasteiger partial charge in [-0.25, -0.2) is 4.79 Å². The van der Waals surface area contributed by atoms with E-state index >= 15 is 0 Å². The number of benzene rings is 1. The van der Waals surface area contributed by atoms with Gasteiger partial charge in [0.2, 0.25) is 5.12 Å². The van der Waals surface area contributed by atoms with Crippen LogP contribution in [0.3, 0.4) is 0 Å². The summed E-state index contributed by atoms with van der Waals surface area (Å²) >= 11 is 0. The van der Waals surface area contributed by atoms with Crippen molar-refractivity contribution in [2.75, 3.05) is 7.11 Å². The van der Waals surface area contributed by atoms with Crippen LogP contribution in [0.1, 0.15) is 10.4 Å². The van der Waals surface area contributed by atoms with Gasteiger partial charge < -0.3 is 4.74 Å². The molecular formula is C9H8O3S3. The summed E-state index contributed by atoms with van der Waals surface area (Å²) in [4.78, 5) is 22.2. The van der Waals surface area contributed by atoms with Crippen LogP contribution < -0.4 is 0 Å². The predicted molar refractivity (Wildman–Crippen MR) is 66.0 cm³/mol. The molecule has 0 aromatic heterocycles. The SMILES string of the molecule is COC(=O)SSSC(=O)c1ccccc1. The molecule has 0 radical (unpaired) electrons. The third kappa shape index (κ3) is 4.63. The summed E-state index contributed by atoms with van der Waals surface area (Å²) in [5.41, 5.74) is 0.625. The first-order chi connectivity index (χ1) is 7.24. The van der Waals surface area contributed by atoms with Crippen LogP contribution in [-0.2, 0) is 4.74 Å². The van der Waals surface area contributed by atoms with E-state index in [0.717, 1.165) is 31.4 Å². The second kappa shape index (κ2) is 6.81. The summed E-state index contributed by atoms with van der Waals surface area (Å²) in [6, 6.07) is 8.91. The molecule has 6 heteroatoms. The summed E-state index contributed by atoms with van der Waals surface area (Å²) in [5.74, 6) is 0. The third-order valence-electron chi connectivity index (χ3n) is 1.39. The van der Waals surface area contributed by atoms with Crippen molar-refractivity contribution in [2.45, 2.75) is 0 Å². The average molecular weight is 260 g/mol. The lowest BCUT2D eigenvalue weighted by atomic mass is 10.2. The van der Waals surface area contributed by atoms with Crippen LogP contribution in [0.15, 0.2) is 30.3 Å². The van der Waals surface area contributed by atoms with Crippen LogP contribution >= 0.6 is 31.4 Å². The molecule has 0 amide bonds. The fraction of sp³-hybridized carbons (Fsp3) is 0.111. The Labute approximate surface area is 99.1 Å². The Morgan fingerprint density at radius 1 is 1.13 bits per heavy atom. The molecule has 0 saturated carbocycles. The van der Waals surface area contributed by atoms with Crippen molar-refractivity contribution in [3.63, 3.8) is 0 Å². The highest BCUT2D eigenvalue weighted by molar-refractivity contribution is 9.14. The second-order valence-electron chi connectivity index (χ2n) is 2.34. The van der Waals surface area contributed by atoms with Gasteiger partial charge in [-0.15, -0.1) is 0 Å². The minimum Gasteiger partial charge on any atom is -0.460 e. The lowest BCUT2D eigenvalue weighted by molar-refractivity contribution is 0.109. The van der Waals surface area contributed by atoms with E-state index in [2.05, 4.69) is 4.74 Å². The van der Waals surface area contributed by atoms with Crippen LogP contribution in [-0.4, -0.2) is 17.5 Å². The second-order valence-corrected chi connectivity index (χ2v) is 6.15. The molecule has 0 unspecified atom stereocenters. The predicted octanol–water partition coefficient (Wildman–Crippen LogP) is 3.62. The van der Waals surface area contributed by atoms with Gasteiger partial charge in [-0.2, -0.15) is 0 Å². The quantitative estimate of drug-likeness (QED) is 0.611. The maximum Gasteiger partial charge on any atom is 0.378 e. The number of carbonyl (C=O) groups excluding carboxylic acids is 2. The fourth-order valence-corrected chi connectivity index (χ4v) is 3.49. The zero-order chi connectivity index (χ0) is 11.1. The van der Waals surface area contributed by atoms with E-state index in [1.165, 1.54) is 7.11 Å². The molecule has 0 bridgehead atoms. The Balaban J connectivity index is 2.34. The summed E-state index contributed by atoms with van der Waals surface area (Å²) < 4.78 is 4.42. The van der Waals surface area contributed by atoms with Gasteiger partial charge in [0.05, 0.1) is 7.11 Å². The highest BCUT2D eigenvalue weighted by atomic mass is 33.5. The number of ether oxygens (including phenoxy) is 1. The van der Waals surface area contributed by atoms with Gasteiger partial charge in [0.15, 0.2) is 0 Å². The average Bonchev–Trinajstić information content (AvgIpc) is 2.29. The summed E-state index contributed by atoms with van der Waals surface area (Å²) in [6.45, 7) is 0. The molecule has 0 atom stereocenters. The molecule has 3 nitrogen and oxygen atoms in total. The van der Waals surface area contributed by atoms with E-state index in [0.29, 0.717) is 5.56 Å². The maximum atomic E-state index is 11.5. The van der Waals surface area contributed by atoms with E-state index < -0.39 is 5.30 Å². The van der Waals surface area contributed by atoms with Crippen molar-refractivity contribution < 1.29 is 14.3 Å². The van der Waals surface area contributed by atoms with E-state index in [9.17, 15) is 9.59 Å². The molecule has 0 aliphatic heterocycles. The van der Waals surface area contributed by atoms with E-state index in [1.54, 1.807) is 24.3 Å². The van der Waals surface area contributed by atoms with Crippen molar-refractivity contribution in [2.24, 2.45) is 0 Å². The third-order valence-corrected chi connectivity index (χ3v) is 4.71. The first-order valence-corrected chi connectivity index (χ1v) is 7.41. The molecule has 0 N–H and O–H groups in total. The molecule has 0 aliphatic carbocycles. The summed E-state index contributed by atoms with van der Waals surface area (Å²) in [7, 11) is 4.31. The largest absolute Gasteiger partial charge is 0.460 e. The molecule has 0 fully saturated rings. The van der Waals surface area contributed by atoms with Gasteiger partial charge in [0, 0.05) is 16.4 Å². The number of rotatable bonds is 3. The molecular weight excluding hydrogens is 252 g/mol. The van der Waals surface area contributed by atoms with Crippen molar-refractivity contribution in [1.29, 1.82) is 0 Å². The number of methoxy groups -OCH3 is 1. The van der Waals surface area contributed by atoms with Crippen LogP contribution in [0.2, 0.25) is 0 Å². The molecule has 1 aromatic carbocycles. The van der Waals surface area contributed by atoms with Gasteiger partial charge in [-0.05, 0) is 20.6 Å². The van der Waals surface area contributed by atoms with Crippen LogP contribution in [0.4, 0.5) is 4.79 Å². The van der Waals surface area contributed by atoms with Crippen LogP contribution in [0, 0.1) is 0 Å². The normalized spacial score (nSPS) is 9.67. The Morgan fingerprint density at radius 2 is 1.80 bits per heavy atom. The number of carbonyl (C=O) groups is 2. The smallest absolute Gasteiger partial charge is 0.378 e. The fourth-order valence-electron chi connectivity index (χ4n) is 0.732. The van der Waals surface area contributed by atoms with Crippen molar-refractivity contribution in [1.82, 2.24) is 0 Å². The lowest BCUT2D eigenvalue weighted by Crippen LogP contribution is -1.90. The summed E-state index contributed by atoms with van der Waals surface area (Å²) in [6.07, 6.45) is 0. The maximum absolute atomic E-state index is 11.5. The molecule has 0 heterocycles. The van der Waals surface area contributed by atoms with Gasteiger partial charge >= 0.3 is 5.30 Å². The van der Waals surface area contributed by atoms with E-state index in [-0.39, 0.29) is 5.12 Å². The number of hydrogen-bond acceptors (Lipinski definition) is 6. The zero-order valence-corrected chi connectivity index (χ0v) is 10.3. The van der Waals surface area contributed by atoms with Crippen LogP contribution in [0.5, 0.6) is 0 Å². The van der Waals surface area contributed by atoms with Crippen LogP contribution in [0.25, 0.3) is 0 Å². The molecule has 15 heavy (non-hydrogen) atoms. The topological polar surface area (TPSA) is 43.4 Å². The number of hydrogen-bond donors (Lipinski definition) is 0. The van der Waals surface area contributed by atoms with Crippen molar-refractivity contribution in [3.8, 4) is 0 Å². The minimum atomic E-state index is -0.409. The molecule has 80 valence electrons. The first kappa shape index (κ1) is 12.5. The van der Waals surface area contributed by atoms with Crippen molar-refractivity contribution >= 4 is 41.8 Å². The molecule has 0 aliphatic rings. The van der Waals surface area contributed by atoms with E-state index in [4.69, 9.17) is 0 Å². The highest BCUT2D eigenvalue weighted by Gasteiger charge is 2.09. The Bertz CT molecular complexity index is 340. The van der Waals surface area contributed by atoms with Gasteiger partial charge in [0.25, 0.3) is 0 Å².